The normalized spacial score (nSPS) is 21.5. The third-order valence-corrected chi connectivity index (χ3v) is 7.84. The van der Waals surface area contributed by atoms with Crippen LogP contribution in [0.1, 0.15) is 36.9 Å². The van der Waals surface area contributed by atoms with E-state index in [0.717, 1.165) is 29.6 Å². The number of ether oxygens (including phenoxy) is 1. The largest absolute Gasteiger partial charge is 0.480 e. The number of rotatable bonds is 8. The highest BCUT2D eigenvalue weighted by Gasteiger charge is 2.35. The molecular formula is C24H27F2N7O3S. The van der Waals surface area contributed by atoms with E-state index in [2.05, 4.69) is 35.9 Å². The summed E-state index contributed by atoms with van der Waals surface area (Å²) in [6.45, 7) is 0.430. The lowest BCUT2D eigenvalue weighted by Gasteiger charge is -2.40. The summed E-state index contributed by atoms with van der Waals surface area (Å²) in [5.74, 6) is -0.615. The first-order valence-electron chi connectivity index (χ1n) is 11.9. The van der Waals surface area contributed by atoms with Gasteiger partial charge in [0.25, 0.3) is 0 Å². The first kappa shape index (κ1) is 25.6. The number of halogens is 2. The van der Waals surface area contributed by atoms with Crippen molar-refractivity contribution in [1.29, 1.82) is 0 Å². The van der Waals surface area contributed by atoms with Crippen molar-refractivity contribution in [2.45, 2.75) is 55.4 Å². The molecule has 1 saturated carbocycles. The summed E-state index contributed by atoms with van der Waals surface area (Å²) in [6.07, 6.45) is 5.85. The number of nitrogens with one attached hydrogen (secondary N) is 3. The molecule has 37 heavy (non-hydrogen) atoms. The SMILES string of the molecule is COc1cnc2c(F)cc(F)c(CN[C@]3(CO)CC[C@H](NCc4cnc5c(n4)NC(=O)CS5)CC3)c2n1. The number of methoxy groups -OCH3 is 1. The quantitative estimate of drug-likeness (QED) is 0.343. The summed E-state index contributed by atoms with van der Waals surface area (Å²) < 4.78 is 34.1. The van der Waals surface area contributed by atoms with Crippen LogP contribution in [0.5, 0.6) is 5.88 Å². The van der Waals surface area contributed by atoms with E-state index in [1.54, 1.807) is 6.20 Å². The van der Waals surface area contributed by atoms with Gasteiger partial charge in [-0.2, -0.15) is 0 Å². The molecule has 0 bridgehead atoms. The third kappa shape index (κ3) is 5.49. The fourth-order valence-electron chi connectivity index (χ4n) is 4.68. The van der Waals surface area contributed by atoms with Crippen molar-refractivity contribution < 1.29 is 23.4 Å². The number of fused-ring (bicyclic) bond motifs is 2. The topological polar surface area (TPSA) is 134 Å². The van der Waals surface area contributed by atoms with Gasteiger partial charge in [0.15, 0.2) is 11.6 Å². The molecule has 0 radical (unpaired) electrons. The number of nitrogens with zero attached hydrogens (tertiary/aromatic N) is 4. The van der Waals surface area contributed by atoms with E-state index in [-0.39, 0.29) is 47.6 Å². The van der Waals surface area contributed by atoms with Crippen LogP contribution in [0.3, 0.4) is 0 Å². The predicted molar refractivity (Wildman–Crippen MR) is 133 cm³/mol. The minimum absolute atomic E-state index is 0.0339. The van der Waals surface area contributed by atoms with E-state index in [9.17, 15) is 18.7 Å². The van der Waals surface area contributed by atoms with E-state index in [4.69, 9.17) is 4.74 Å². The van der Waals surface area contributed by atoms with Gasteiger partial charge in [0, 0.05) is 36.3 Å². The highest BCUT2D eigenvalue weighted by Crippen LogP contribution is 2.31. The van der Waals surface area contributed by atoms with Crippen LogP contribution in [0.2, 0.25) is 0 Å². The highest BCUT2D eigenvalue weighted by molar-refractivity contribution is 8.00. The van der Waals surface area contributed by atoms with E-state index in [1.165, 1.54) is 25.1 Å². The number of anilines is 1. The van der Waals surface area contributed by atoms with Crippen LogP contribution in [-0.2, 0) is 17.9 Å². The average Bonchev–Trinajstić information content (AvgIpc) is 2.91. The molecule has 196 valence electrons. The zero-order valence-corrected chi connectivity index (χ0v) is 21.0. The molecule has 2 aromatic heterocycles. The molecule has 1 amide bonds. The molecule has 4 N–H and O–H groups in total. The summed E-state index contributed by atoms with van der Waals surface area (Å²) in [4.78, 5) is 28.7. The van der Waals surface area contributed by atoms with Gasteiger partial charge in [0.2, 0.25) is 11.8 Å². The van der Waals surface area contributed by atoms with Gasteiger partial charge in [-0.05, 0) is 25.7 Å². The van der Waals surface area contributed by atoms with Gasteiger partial charge in [-0.15, -0.1) is 0 Å². The van der Waals surface area contributed by atoms with Crippen LogP contribution in [0.25, 0.3) is 11.0 Å². The van der Waals surface area contributed by atoms with Crippen LogP contribution in [0, 0.1) is 11.6 Å². The molecule has 2 aliphatic rings. The van der Waals surface area contributed by atoms with Crippen LogP contribution in [0.15, 0.2) is 23.5 Å². The van der Waals surface area contributed by atoms with Gasteiger partial charge < -0.3 is 25.8 Å². The first-order chi connectivity index (χ1) is 17.9. The summed E-state index contributed by atoms with van der Waals surface area (Å²) >= 11 is 1.37. The maximum absolute atomic E-state index is 14.8. The second-order valence-electron chi connectivity index (χ2n) is 9.23. The van der Waals surface area contributed by atoms with Gasteiger partial charge in [0.05, 0.1) is 37.6 Å². The molecule has 0 saturated heterocycles. The number of amides is 1. The molecule has 13 heteroatoms. The maximum Gasteiger partial charge on any atom is 0.236 e. The fraction of sp³-hybridized carbons (Fsp3) is 0.458. The average molecular weight is 532 g/mol. The van der Waals surface area contributed by atoms with Crippen LogP contribution in [-0.4, -0.2) is 62.0 Å². The highest BCUT2D eigenvalue weighted by atomic mass is 32.2. The number of carbonyl (C=O) groups excluding carboxylic acids is 1. The molecule has 0 unspecified atom stereocenters. The zero-order valence-electron chi connectivity index (χ0n) is 20.2. The van der Waals surface area contributed by atoms with Crippen LogP contribution >= 0.6 is 11.8 Å². The van der Waals surface area contributed by atoms with Crippen molar-refractivity contribution in [2.75, 3.05) is 24.8 Å². The molecule has 3 heterocycles. The molecule has 1 aliphatic carbocycles. The van der Waals surface area contributed by atoms with E-state index < -0.39 is 17.2 Å². The zero-order chi connectivity index (χ0) is 26.0. The van der Waals surface area contributed by atoms with Crippen molar-refractivity contribution >= 4 is 34.5 Å². The molecule has 0 atom stereocenters. The summed E-state index contributed by atoms with van der Waals surface area (Å²) in [7, 11) is 1.41. The van der Waals surface area contributed by atoms with Crippen molar-refractivity contribution in [3.05, 3.63) is 41.4 Å². The Morgan fingerprint density at radius 1 is 1.16 bits per heavy atom. The number of benzene rings is 1. The monoisotopic (exact) mass is 531 g/mol. The minimum atomic E-state index is -0.792. The number of hydrogen-bond donors (Lipinski definition) is 4. The Morgan fingerprint density at radius 3 is 2.73 bits per heavy atom. The number of aromatic nitrogens is 4. The summed E-state index contributed by atoms with van der Waals surface area (Å²) in [6, 6.07) is 1.00. The lowest BCUT2D eigenvalue weighted by Crippen LogP contribution is -2.53. The van der Waals surface area contributed by atoms with E-state index in [0.29, 0.717) is 31.0 Å². The number of aliphatic hydroxyl groups is 1. The van der Waals surface area contributed by atoms with E-state index in [1.807, 2.05) is 0 Å². The standard InChI is InChI=1S/C24H27F2N7O3S/c1-36-19-10-28-21-17(26)6-16(25)15(20(21)33-19)9-30-24(12-34)4-2-13(3-5-24)27-7-14-8-29-23-22(31-14)32-18(35)11-37-23/h6,8,10,13,27,30,34H,2-5,7,9,11-12H2,1H3,(H,31,32,35)/t13-,24+. The van der Waals surface area contributed by atoms with Crippen molar-refractivity contribution in [3.63, 3.8) is 0 Å². The Balaban J connectivity index is 1.21. The van der Waals surface area contributed by atoms with Crippen molar-refractivity contribution in [3.8, 4) is 5.88 Å². The number of thioether (sulfide) groups is 1. The smallest absolute Gasteiger partial charge is 0.236 e. The van der Waals surface area contributed by atoms with Crippen LogP contribution < -0.4 is 20.7 Å². The fourth-order valence-corrected chi connectivity index (χ4v) is 5.38. The molecular weight excluding hydrogens is 504 g/mol. The third-order valence-electron chi connectivity index (χ3n) is 6.86. The molecule has 1 aliphatic heterocycles. The summed E-state index contributed by atoms with van der Waals surface area (Å²) in [5.41, 5.74) is 0.355. The second kappa shape index (κ2) is 10.8. The van der Waals surface area contributed by atoms with Gasteiger partial charge in [-0.25, -0.2) is 28.7 Å². The van der Waals surface area contributed by atoms with Gasteiger partial charge in [-0.3, -0.25) is 4.79 Å². The van der Waals surface area contributed by atoms with Crippen molar-refractivity contribution in [1.82, 2.24) is 30.6 Å². The summed E-state index contributed by atoms with van der Waals surface area (Å²) in [5, 5.41) is 20.5. The molecule has 5 rings (SSSR count). The minimum Gasteiger partial charge on any atom is -0.480 e. The van der Waals surface area contributed by atoms with E-state index >= 15 is 0 Å². The number of hydrogen-bond acceptors (Lipinski definition) is 10. The van der Waals surface area contributed by atoms with Gasteiger partial charge in [0.1, 0.15) is 21.9 Å². The molecule has 1 aromatic carbocycles. The Hall–Kier alpha value is -3.00. The number of carbonyl (C=O) groups is 1. The second-order valence-corrected chi connectivity index (χ2v) is 10.2. The molecule has 0 spiro atoms. The Morgan fingerprint density at radius 2 is 1.97 bits per heavy atom. The van der Waals surface area contributed by atoms with Gasteiger partial charge >= 0.3 is 0 Å². The van der Waals surface area contributed by atoms with Gasteiger partial charge in [-0.1, -0.05) is 11.8 Å². The van der Waals surface area contributed by atoms with Crippen molar-refractivity contribution in [2.24, 2.45) is 0 Å². The Labute approximate surface area is 216 Å². The Kier molecular flexibility index (Phi) is 7.47. The maximum atomic E-state index is 14.8. The lowest BCUT2D eigenvalue weighted by atomic mass is 9.79. The molecule has 3 aromatic rings. The molecule has 1 fully saturated rings. The van der Waals surface area contributed by atoms with Crippen LogP contribution in [0.4, 0.5) is 14.6 Å². The number of aliphatic hydroxyl groups excluding tert-OH is 1. The Bertz CT molecular complexity index is 1320. The first-order valence-corrected chi connectivity index (χ1v) is 12.9. The lowest BCUT2D eigenvalue weighted by molar-refractivity contribution is -0.113. The predicted octanol–water partition coefficient (Wildman–Crippen LogP) is 2.30. The molecule has 10 nitrogen and oxygen atoms in total.